The van der Waals surface area contributed by atoms with Crippen LogP contribution < -0.4 is 0 Å². The molecule has 0 amide bonds. The van der Waals surface area contributed by atoms with Gasteiger partial charge in [-0.3, -0.25) is 0 Å². The van der Waals surface area contributed by atoms with Gasteiger partial charge in [-0.15, -0.1) is 0 Å². The summed E-state index contributed by atoms with van der Waals surface area (Å²) in [5, 5.41) is 0. The van der Waals surface area contributed by atoms with Crippen LogP contribution in [0.2, 0.25) is 0 Å². The van der Waals surface area contributed by atoms with Gasteiger partial charge in [0.1, 0.15) is 5.82 Å². The Morgan fingerprint density at radius 1 is 1.29 bits per heavy atom. The third kappa shape index (κ3) is 2.72. The van der Waals surface area contributed by atoms with Crippen LogP contribution >= 0.6 is 0 Å². The second-order valence-corrected chi connectivity index (χ2v) is 7.65. The molecule has 0 N–H and O–H groups in total. The Bertz CT molecular complexity index is 630. The number of morpholine rings is 1. The van der Waals surface area contributed by atoms with Crippen LogP contribution in [0.4, 0.5) is 4.39 Å². The lowest BCUT2D eigenvalue weighted by Gasteiger charge is -2.42. The normalized spacial score (nSPS) is 27.3. The zero-order valence-electron chi connectivity index (χ0n) is 12.1. The number of benzene rings is 1. The molecule has 1 saturated heterocycles. The highest BCUT2D eigenvalue weighted by Gasteiger charge is 2.41. The lowest BCUT2D eigenvalue weighted by Crippen LogP contribution is -2.54. The summed E-state index contributed by atoms with van der Waals surface area (Å²) in [6.07, 6.45) is 3.87. The van der Waals surface area contributed by atoms with Crippen molar-refractivity contribution in [3.63, 3.8) is 0 Å². The quantitative estimate of drug-likeness (QED) is 0.842. The molecule has 0 unspecified atom stereocenters. The van der Waals surface area contributed by atoms with E-state index in [1.807, 2.05) is 0 Å². The average Bonchev–Trinajstić information content (AvgIpc) is 2.46. The summed E-state index contributed by atoms with van der Waals surface area (Å²) >= 11 is 0. The molecule has 6 heteroatoms. The predicted molar refractivity (Wildman–Crippen MR) is 77.0 cm³/mol. The van der Waals surface area contributed by atoms with Crippen molar-refractivity contribution >= 4 is 10.0 Å². The first-order chi connectivity index (χ1) is 10.00. The van der Waals surface area contributed by atoms with Crippen molar-refractivity contribution in [2.24, 2.45) is 0 Å². The zero-order chi connectivity index (χ0) is 15.0. The number of hydrogen-bond donors (Lipinski definition) is 0. The third-order valence-electron chi connectivity index (χ3n) is 4.40. The number of hydrogen-bond acceptors (Lipinski definition) is 3. The van der Waals surface area contributed by atoms with Crippen molar-refractivity contribution in [2.75, 3.05) is 13.2 Å². The summed E-state index contributed by atoms with van der Waals surface area (Å²) in [6, 6.07) is 3.76. The summed E-state index contributed by atoms with van der Waals surface area (Å²) in [6.45, 7) is 2.44. The second kappa shape index (κ2) is 5.66. The summed E-state index contributed by atoms with van der Waals surface area (Å²) in [5.74, 6) is -0.413. The molecule has 2 atom stereocenters. The van der Waals surface area contributed by atoms with Crippen LogP contribution in [0.1, 0.15) is 31.2 Å². The molecule has 1 aliphatic heterocycles. The Hall–Kier alpha value is -0.980. The fourth-order valence-electron chi connectivity index (χ4n) is 3.39. The monoisotopic (exact) mass is 313 g/mol. The molecule has 1 heterocycles. The summed E-state index contributed by atoms with van der Waals surface area (Å²) in [7, 11) is -3.59. The molecule has 116 valence electrons. The van der Waals surface area contributed by atoms with Gasteiger partial charge in [0, 0.05) is 6.54 Å². The first-order valence-electron chi connectivity index (χ1n) is 7.40. The van der Waals surface area contributed by atoms with Crippen molar-refractivity contribution in [1.29, 1.82) is 0 Å². The van der Waals surface area contributed by atoms with Gasteiger partial charge in [0.2, 0.25) is 10.0 Å². The van der Waals surface area contributed by atoms with E-state index in [-0.39, 0.29) is 17.0 Å². The van der Waals surface area contributed by atoms with Gasteiger partial charge >= 0.3 is 0 Å². The van der Waals surface area contributed by atoms with Crippen LogP contribution in [-0.2, 0) is 14.8 Å². The van der Waals surface area contributed by atoms with E-state index in [0.29, 0.717) is 18.7 Å². The summed E-state index contributed by atoms with van der Waals surface area (Å²) in [5.41, 5.74) is 0.453. The van der Waals surface area contributed by atoms with E-state index >= 15 is 0 Å². The minimum atomic E-state index is -3.59. The van der Waals surface area contributed by atoms with Crippen LogP contribution in [-0.4, -0.2) is 38.0 Å². The molecular formula is C15H20FNO3S. The minimum absolute atomic E-state index is 0.00281. The maximum Gasteiger partial charge on any atom is 0.243 e. The standard InChI is InChI=1S/C15H20FNO3S/c1-11-10-12(16)6-7-15(11)21(18,19)17-8-9-20-14-5-3-2-4-13(14)17/h6-7,10,13-14H,2-5,8-9H2,1H3/t13-,14+/m1/s1. The average molecular weight is 313 g/mol. The van der Waals surface area contributed by atoms with E-state index in [4.69, 9.17) is 4.74 Å². The highest BCUT2D eigenvalue weighted by Crippen LogP contribution is 2.33. The van der Waals surface area contributed by atoms with E-state index in [9.17, 15) is 12.8 Å². The summed E-state index contributed by atoms with van der Waals surface area (Å²) < 4.78 is 46.4. The topological polar surface area (TPSA) is 46.6 Å². The van der Waals surface area contributed by atoms with Gasteiger partial charge in [-0.2, -0.15) is 4.31 Å². The van der Waals surface area contributed by atoms with Crippen LogP contribution in [0.15, 0.2) is 23.1 Å². The Morgan fingerprint density at radius 2 is 2.05 bits per heavy atom. The molecule has 2 fully saturated rings. The number of nitrogens with zero attached hydrogens (tertiary/aromatic N) is 1. The van der Waals surface area contributed by atoms with Gasteiger partial charge in [0.15, 0.2) is 0 Å². The molecule has 0 spiro atoms. The molecule has 4 nitrogen and oxygen atoms in total. The number of fused-ring (bicyclic) bond motifs is 1. The number of rotatable bonds is 2. The van der Waals surface area contributed by atoms with Crippen LogP contribution in [0.25, 0.3) is 0 Å². The SMILES string of the molecule is Cc1cc(F)ccc1S(=O)(=O)N1CCO[C@H]2CCCC[C@H]21. The largest absolute Gasteiger partial charge is 0.375 e. The lowest BCUT2D eigenvalue weighted by atomic mass is 9.91. The molecule has 3 rings (SSSR count). The van der Waals surface area contributed by atoms with E-state index < -0.39 is 15.8 Å². The van der Waals surface area contributed by atoms with Crippen molar-refractivity contribution < 1.29 is 17.5 Å². The van der Waals surface area contributed by atoms with Gasteiger partial charge < -0.3 is 4.74 Å². The van der Waals surface area contributed by atoms with Crippen molar-refractivity contribution in [3.05, 3.63) is 29.6 Å². The Kier molecular flexibility index (Phi) is 4.03. The van der Waals surface area contributed by atoms with E-state index in [0.717, 1.165) is 25.7 Å². The first-order valence-corrected chi connectivity index (χ1v) is 8.84. The Labute approximate surface area is 125 Å². The molecule has 1 aromatic rings. The lowest BCUT2D eigenvalue weighted by molar-refractivity contribution is -0.0586. The highest BCUT2D eigenvalue weighted by molar-refractivity contribution is 7.89. The number of ether oxygens (including phenoxy) is 1. The van der Waals surface area contributed by atoms with Crippen LogP contribution in [0.5, 0.6) is 0 Å². The Morgan fingerprint density at radius 3 is 2.81 bits per heavy atom. The maximum atomic E-state index is 13.2. The van der Waals surface area contributed by atoms with Crippen molar-refractivity contribution in [1.82, 2.24) is 4.31 Å². The first kappa shape index (κ1) is 14.9. The molecular weight excluding hydrogens is 293 g/mol. The molecule has 1 saturated carbocycles. The van der Waals surface area contributed by atoms with Crippen molar-refractivity contribution in [3.8, 4) is 0 Å². The molecule has 2 aliphatic rings. The van der Waals surface area contributed by atoms with E-state index in [1.54, 1.807) is 11.2 Å². The van der Waals surface area contributed by atoms with E-state index in [1.165, 1.54) is 18.2 Å². The molecule has 21 heavy (non-hydrogen) atoms. The van der Waals surface area contributed by atoms with Crippen molar-refractivity contribution in [2.45, 2.75) is 49.6 Å². The molecule has 1 aromatic carbocycles. The second-order valence-electron chi connectivity index (χ2n) is 5.79. The number of sulfonamides is 1. The predicted octanol–water partition coefficient (Wildman–Crippen LogP) is 2.47. The minimum Gasteiger partial charge on any atom is -0.375 e. The molecule has 1 aliphatic carbocycles. The number of halogens is 1. The van der Waals surface area contributed by atoms with Gasteiger partial charge in [0.25, 0.3) is 0 Å². The molecule has 0 radical (unpaired) electrons. The van der Waals surface area contributed by atoms with Crippen LogP contribution in [0.3, 0.4) is 0 Å². The number of aryl methyl sites for hydroxylation is 1. The molecule has 0 aromatic heterocycles. The summed E-state index contributed by atoms with van der Waals surface area (Å²) in [4.78, 5) is 0.204. The smallest absolute Gasteiger partial charge is 0.243 e. The molecule has 0 bridgehead atoms. The zero-order valence-corrected chi connectivity index (χ0v) is 12.9. The van der Waals surface area contributed by atoms with Gasteiger partial charge in [-0.25, -0.2) is 12.8 Å². The fourth-order valence-corrected chi connectivity index (χ4v) is 5.26. The van der Waals surface area contributed by atoms with Crippen LogP contribution in [0, 0.1) is 12.7 Å². The Balaban J connectivity index is 1.96. The third-order valence-corrected chi connectivity index (χ3v) is 6.49. The fraction of sp³-hybridized carbons (Fsp3) is 0.600. The van der Waals surface area contributed by atoms with Gasteiger partial charge in [-0.1, -0.05) is 12.8 Å². The maximum absolute atomic E-state index is 13.2. The van der Waals surface area contributed by atoms with E-state index in [2.05, 4.69) is 0 Å². The highest BCUT2D eigenvalue weighted by atomic mass is 32.2. The van der Waals surface area contributed by atoms with Gasteiger partial charge in [0.05, 0.1) is 23.6 Å². The van der Waals surface area contributed by atoms with Gasteiger partial charge in [-0.05, 0) is 43.5 Å².